The van der Waals surface area contributed by atoms with Crippen molar-refractivity contribution in [2.45, 2.75) is 20.8 Å². The second-order valence-corrected chi connectivity index (χ2v) is 4.22. The normalized spacial score (nSPS) is 11.2. The number of nitrogens with zero attached hydrogens (tertiary/aromatic N) is 1. The van der Waals surface area contributed by atoms with E-state index in [1.54, 1.807) is 12.1 Å². The molecular weight excluding hydrogens is 214 g/mol. The summed E-state index contributed by atoms with van der Waals surface area (Å²) < 4.78 is 6.22. The van der Waals surface area contributed by atoms with Crippen molar-refractivity contribution in [1.82, 2.24) is 0 Å². The van der Waals surface area contributed by atoms with Crippen LogP contribution in [0.5, 0.6) is 0 Å². The van der Waals surface area contributed by atoms with E-state index in [0.29, 0.717) is 12.3 Å². The summed E-state index contributed by atoms with van der Waals surface area (Å²) in [5.41, 5.74) is 0.619. The lowest BCUT2D eigenvalue weighted by Crippen LogP contribution is -2.49. The zero-order chi connectivity index (χ0) is 12.7. The van der Waals surface area contributed by atoms with E-state index in [1.165, 1.54) is 0 Å². The Kier molecular flexibility index (Phi) is 5.16. The molecule has 0 aliphatic heterocycles. The van der Waals surface area contributed by atoms with E-state index in [4.69, 9.17) is 4.74 Å². The van der Waals surface area contributed by atoms with Crippen molar-refractivity contribution < 1.29 is 14.0 Å². The molecule has 0 fully saturated rings. The van der Waals surface area contributed by atoms with Crippen molar-refractivity contribution in [2.24, 2.45) is 0 Å². The van der Waals surface area contributed by atoms with Gasteiger partial charge in [-0.05, 0) is 32.9 Å². The fraction of sp³-hybridized carbons (Fsp3) is 0.500. The molecule has 0 bridgehead atoms. The van der Waals surface area contributed by atoms with Gasteiger partial charge in [0.2, 0.25) is 6.73 Å². The third-order valence-electron chi connectivity index (χ3n) is 3.49. The van der Waals surface area contributed by atoms with E-state index in [9.17, 15) is 4.79 Å². The SMILES string of the molecule is CC[N+](CC)(CC)COC(=O)c1ccccc1. The van der Waals surface area contributed by atoms with Crippen LogP contribution in [0.2, 0.25) is 0 Å². The molecule has 0 atom stereocenters. The van der Waals surface area contributed by atoms with Gasteiger partial charge in [0, 0.05) is 0 Å². The lowest BCUT2D eigenvalue weighted by atomic mass is 10.2. The first kappa shape index (κ1) is 13.7. The number of benzene rings is 1. The van der Waals surface area contributed by atoms with Gasteiger partial charge in [0.15, 0.2) is 0 Å². The Morgan fingerprint density at radius 3 is 2.06 bits per heavy atom. The van der Waals surface area contributed by atoms with Crippen molar-refractivity contribution in [3.63, 3.8) is 0 Å². The molecule has 1 rings (SSSR count). The van der Waals surface area contributed by atoms with Gasteiger partial charge in [-0.3, -0.25) is 4.48 Å². The number of ether oxygens (including phenoxy) is 1. The summed E-state index contributed by atoms with van der Waals surface area (Å²) in [6, 6.07) is 9.14. The predicted molar refractivity (Wildman–Crippen MR) is 68.6 cm³/mol. The van der Waals surface area contributed by atoms with E-state index in [0.717, 1.165) is 24.1 Å². The molecule has 0 N–H and O–H groups in total. The summed E-state index contributed by atoms with van der Waals surface area (Å²) in [5, 5.41) is 0. The minimum Gasteiger partial charge on any atom is -0.411 e. The van der Waals surface area contributed by atoms with Crippen LogP contribution in [0.15, 0.2) is 30.3 Å². The number of rotatable bonds is 6. The summed E-state index contributed by atoms with van der Waals surface area (Å²) in [6.07, 6.45) is 0. The highest BCUT2D eigenvalue weighted by Gasteiger charge is 2.22. The van der Waals surface area contributed by atoms with E-state index in [1.807, 2.05) is 18.2 Å². The second-order valence-electron chi connectivity index (χ2n) is 4.22. The largest absolute Gasteiger partial charge is 0.411 e. The first-order valence-electron chi connectivity index (χ1n) is 6.24. The van der Waals surface area contributed by atoms with Crippen molar-refractivity contribution >= 4 is 5.97 Å². The van der Waals surface area contributed by atoms with Gasteiger partial charge in [-0.2, -0.15) is 0 Å². The molecule has 1 aromatic rings. The van der Waals surface area contributed by atoms with E-state index >= 15 is 0 Å². The summed E-state index contributed by atoms with van der Waals surface area (Å²) in [7, 11) is 0. The number of esters is 1. The molecule has 1 aromatic carbocycles. The summed E-state index contributed by atoms with van der Waals surface area (Å²) in [5.74, 6) is -0.233. The molecule has 0 aromatic heterocycles. The molecule has 0 aliphatic rings. The van der Waals surface area contributed by atoms with Crippen molar-refractivity contribution in [2.75, 3.05) is 26.4 Å². The van der Waals surface area contributed by atoms with Gasteiger partial charge in [-0.1, -0.05) is 18.2 Å². The molecule has 17 heavy (non-hydrogen) atoms. The van der Waals surface area contributed by atoms with Crippen molar-refractivity contribution in [3.05, 3.63) is 35.9 Å². The maximum Gasteiger partial charge on any atom is 0.342 e. The highest BCUT2D eigenvalue weighted by atomic mass is 16.5. The maximum atomic E-state index is 11.8. The molecule has 0 saturated heterocycles. The lowest BCUT2D eigenvalue weighted by Gasteiger charge is -2.34. The fourth-order valence-electron chi connectivity index (χ4n) is 1.80. The van der Waals surface area contributed by atoms with Gasteiger partial charge >= 0.3 is 5.97 Å². The molecular formula is C14H22NO2+. The topological polar surface area (TPSA) is 26.3 Å². The fourth-order valence-corrected chi connectivity index (χ4v) is 1.80. The lowest BCUT2D eigenvalue weighted by molar-refractivity contribution is -0.938. The Morgan fingerprint density at radius 2 is 1.59 bits per heavy atom. The highest BCUT2D eigenvalue weighted by Crippen LogP contribution is 2.08. The van der Waals surface area contributed by atoms with E-state index < -0.39 is 0 Å². The van der Waals surface area contributed by atoms with Crippen LogP contribution in [-0.4, -0.2) is 36.8 Å². The molecule has 0 heterocycles. The average molecular weight is 236 g/mol. The number of hydrogen-bond donors (Lipinski definition) is 0. The molecule has 3 nitrogen and oxygen atoms in total. The minimum atomic E-state index is -0.233. The number of quaternary nitrogens is 1. The van der Waals surface area contributed by atoms with Gasteiger partial charge < -0.3 is 4.74 Å². The van der Waals surface area contributed by atoms with Crippen molar-refractivity contribution in [3.8, 4) is 0 Å². The summed E-state index contributed by atoms with van der Waals surface area (Å²) in [6.45, 7) is 9.78. The summed E-state index contributed by atoms with van der Waals surface area (Å²) in [4.78, 5) is 11.8. The molecule has 0 unspecified atom stereocenters. The van der Waals surface area contributed by atoms with Gasteiger partial charge in [-0.25, -0.2) is 4.79 Å². The van der Waals surface area contributed by atoms with Crippen LogP contribution in [0.1, 0.15) is 31.1 Å². The minimum absolute atomic E-state index is 0.233. The van der Waals surface area contributed by atoms with Gasteiger partial charge in [-0.15, -0.1) is 0 Å². The Balaban J connectivity index is 2.59. The standard InChI is InChI=1S/C14H22NO2/c1-4-15(5-2,6-3)12-17-14(16)13-10-8-7-9-11-13/h7-11H,4-6,12H2,1-3H3/q+1. The zero-order valence-corrected chi connectivity index (χ0v) is 11.0. The van der Waals surface area contributed by atoms with Crippen LogP contribution >= 0.6 is 0 Å². The smallest absolute Gasteiger partial charge is 0.342 e. The first-order valence-corrected chi connectivity index (χ1v) is 6.24. The zero-order valence-electron chi connectivity index (χ0n) is 11.0. The highest BCUT2D eigenvalue weighted by molar-refractivity contribution is 5.89. The molecule has 0 aliphatic carbocycles. The van der Waals surface area contributed by atoms with Crippen LogP contribution < -0.4 is 0 Å². The first-order chi connectivity index (χ1) is 8.17. The third kappa shape index (κ3) is 3.56. The monoisotopic (exact) mass is 236 g/mol. The van der Waals surface area contributed by atoms with Crippen molar-refractivity contribution in [1.29, 1.82) is 0 Å². The number of hydrogen-bond acceptors (Lipinski definition) is 2. The van der Waals surface area contributed by atoms with E-state index in [-0.39, 0.29) is 5.97 Å². The van der Waals surface area contributed by atoms with E-state index in [2.05, 4.69) is 20.8 Å². The van der Waals surface area contributed by atoms with Crippen LogP contribution in [0, 0.1) is 0 Å². The van der Waals surface area contributed by atoms with Gasteiger partial charge in [0.05, 0.1) is 25.2 Å². The van der Waals surface area contributed by atoms with Crippen LogP contribution in [0.25, 0.3) is 0 Å². The van der Waals surface area contributed by atoms with Crippen LogP contribution in [0.3, 0.4) is 0 Å². The van der Waals surface area contributed by atoms with Gasteiger partial charge in [0.1, 0.15) is 0 Å². The van der Waals surface area contributed by atoms with Crippen LogP contribution in [0.4, 0.5) is 0 Å². The number of carbonyl (C=O) groups excluding carboxylic acids is 1. The summed E-state index contributed by atoms with van der Waals surface area (Å²) >= 11 is 0. The number of carbonyl (C=O) groups is 1. The Bertz CT molecular complexity index is 336. The predicted octanol–water partition coefficient (Wildman–Crippen LogP) is 2.68. The third-order valence-corrected chi connectivity index (χ3v) is 3.49. The average Bonchev–Trinajstić information content (AvgIpc) is 2.41. The molecule has 0 amide bonds. The Labute approximate surface area is 104 Å². The molecule has 0 spiro atoms. The molecule has 94 valence electrons. The quantitative estimate of drug-likeness (QED) is 0.431. The molecule has 3 heteroatoms. The van der Waals surface area contributed by atoms with Crippen LogP contribution in [-0.2, 0) is 4.74 Å². The maximum absolute atomic E-state index is 11.8. The Morgan fingerprint density at radius 1 is 1.06 bits per heavy atom. The second kappa shape index (κ2) is 6.40. The molecule has 0 saturated carbocycles. The van der Waals surface area contributed by atoms with Gasteiger partial charge in [0.25, 0.3) is 0 Å². The molecule has 0 radical (unpaired) electrons. The Hall–Kier alpha value is -1.35.